The summed E-state index contributed by atoms with van der Waals surface area (Å²) in [7, 11) is 5.92. The minimum atomic E-state index is 0.457. The van der Waals surface area contributed by atoms with Crippen molar-refractivity contribution < 1.29 is 0 Å². The summed E-state index contributed by atoms with van der Waals surface area (Å²) in [6.07, 6.45) is 3.52. The van der Waals surface area contributed by atoms with Crippen molar-refractivity contribution in [1.82, 2.24) is 14.5 Å². The summed E-state index contributed by atoms with van der Waals surface area (Å²) >= 11 is 9.41. The Bertz CT molecular complexity index is 581. The van der Waals surface area contributed by atoms with Gasteiger partial charge in [-0.1, -0.05) is 11.6 Å². The third-order valence-corrected chi connectivity index (χ3v) is 3.46. The maximum Gasteiger partial charge on any atom is 0.204 e. The van der Waals surface area contributed by atoms with Crippen molar-refractivity contribution in [3.8, 4) is 0 Å². The molecule has 0 spiro atoms. The number of nitrogens with zero attached hydrogens (tertiary/aromatic N) is 4. The first-order valence-corrected chi connectivity index (χ1v) is 6.89. The molecule has 2 rings (SSSR count). The van der Waals surface area contributed by atoms with Crippen molar-refractivity contribution in [2.75, 3.05) is 24.3 Å². The summed E-state index contributed by atoms with van der Waals surface area (Å²) in [5, 5.41) is 3.72. The van der Waals surface area contributed by atoms with Crippen LogP contribution in [0.5, 0.6) is 0 Å². The van der Waals surface area contributed by atoms with Gasteiger partial charge in [-0.3, -0.25) is 0 Å². The molecule has 0 saturated heterocycles. The molecule has 0 bridgehead atoms. The number of nitrogens with one attached hydrogen (secondary N) is 1. The van der Waals surface area contributed by atoms with Gasteiger partial charge in [0.25, 0.3) is 0 Å². The molecule has 19 heavy (non-hydrogen) atoms. The minimum absolute atomic E-state index is 0.457. The number of pyridine rings is 1. The number of aromatic nitrogens is 3. The lowest BCUT2D eigenvalue weighted by atomic mass is 10.4. The van der Waals surface area contributed by atoms with Crippen LogP contribution >= 0.6 is 27.5 Å². The van der Waals surface area contributed by atoms with E-state index in [1.54, 1.807) is 6.20 Å². The zero-order valence-electron chi connectivity index (χ0n) is 11.0. The molecule has 2 heterocycles. The van der Waals surface area contributed by atoms with E-state index in [4.69, 9.17) is 11.6 Å². The number of halogens is 2. The Morgan fingerprint density at radius 3 is 2.74 bits per heavy atom. The Morgan fingerprint density at radius 2 is 2.11 bits per heavy atom. The molecular formula is C12H15BrClN5. The van der Waals surface area contributed by atoms with Crippen LogP contribution in [0.2, 0.25) is 5.15 Å². The predicted molar refractivity (Wildman–Crippen MR) is 81.8 cm³/mol. The van der Waals surface area contributed by atoms with Gasteiger partial charge >= 0.3 is 0 Å². The van der Waals surface area contributed by atoms with E-state index in [1.165, 1.54) is 0 Å². The van der Waals surface area contributed by atoms with Crippen LogP contribution in [0, 0.1) is 0 Å². The molecule has 0 atom stereocenters. The van der Waals surface area contributed by atoms with E-state index in [0.717, 1.165) is 21.8 Å². The van der Waals surface area contributed by atoms with Crippen LogP contribution in [0.25, 0.3) is 0 Å². The highest BCUT2D eigenvalue weighted by Crippen LogP contribution is 2.23. The van der Waals surface area contributed by atoms with E-state index in [1.807, 2.05) is 42.9 Å². The molecule has 0 unspecified atom stereocenters. The number of hydrogen-bond acceptors (Lipinski definition) is 4. The second-order valence-corrected chi connectivity index (χ2v) is 5.62. The van der Waals surface area contributed by atoms with Gasteiger partial charge in [0.05, 0.1) is 24.1 Å². The summed E-state index contributed by atoms with van der Waals surface area (Å²) in [5.74, 6) is 0.912. The molecule has 0 saturated carbocycles. The predicted octanol–water partition coefficient (Wildman–Crippen LogP) is 2.91. The van der Waals surface area contributed by atoms with Crippen LogP contribution in [-0.4, -0.2) is 28.6 Å². The second-order valence-electron chi connectivity index (χ2n) is 4.35. The van der Waals surface area contributed by atoms with Crippen LogP contribution in [0.1, 0.15) is 5.69 Å². The molecule has 2 aromatic heterocycles. The zero-order chi connectivity index (χ0) is 14.0. The molecule has 0 fully saturated rings. The standard InChI is InChI=1S/C12H15BrClN5/c1-18(2)12-17-7-9(19(12)3)6-15-10-4-8(13)5-16-11(10)14/h4-5,7,15H,6H2,1-3H3. The van der Waals surface area contributed by atoms with Crippen molar-refractivity contribution in [1.29, 1.82) is 0 Å². The van der Waals surface area contributed by atoms with Crippen molar-refractivity contribution in [3.63, 3.8) is 0 Å². The van der Waals surface area contributed by atoms with Gasteiger partial charge in [0, 0.05) is 31.8 Å². The van der Waals surface area contributed by atoms with Gasteiger partial charge in [-0.05, 0) is 22.0 Å². The van der Waals surface area contributed by atoms with Crippen molar-refractivity contribution >= 4 is 39.2 Å². The lowest BCUT2D eigenvalue weighted by Crippen LogP contribution is -2.15. The molecule has 0 aromatic carbocycles. The third-order valence-electron chi connectivity index (χ3n) is 2.73. The normalized spacial score (nSPS) is 10.6. The Balaban J connectivity index is 2.12. The van der Waals surface area contributed by atoms with E-state index in [0.29, 0.717) is 11.7 Å². The number of imidazole rings is 1. The Labute approximate surface area is 125 Å². The fourth-order valence-corrected chi connectivity index (χ4v) is 2.25. The molecule has 2 aromatic rings. The van der Waals surface area contributed by atoms with Crippen LogP contribution in [0.4, 0.5) is 11.6 Å². The van der Waals surface area contributed by atoms with Crippen LogP contribution in [0.15, 0.2) is 22.9 Å². The van der Waals surface area contributed by atoms with Crippen LogP contribution in [0.3, 0.4) is 0 Å². The first-order chi connectivity index (χ1) is 8.99. The quantitative estimate of drug-likeness (QED) is 0.866. The number of rotatable bonds is 4. The summed E-state index contributed by atoms with van der Waals surface area (Å²) < 4.78 is 2.92. The van der Waals surface area contributed by atoms with Gasteiger partial charge in [0.1, 0.15) is 0 Å². The number of hydrogen-bond donors (Lipinski definition) is 1. The fraction of sp³-hybridized carbons (Fsp3) is 0.333. The Morgan fingerprint density at radius 1 is 1.37 bits per heavy atom. The van der Waals surface area contributed by atoms with Gasteiger partial charge in [-0.15, -0.1) is 0 Å². The van der Waals surface area contributed by atoms with Crippen molar-refractivity contribution in [2.24, 2.45) is 7.05 Å². The van der Waals surface area contributed by atoms with Crippen molar-refractivity contribution in [3.05, 3.63) is 33.8 Å². The number of anilines is 2. The first kappa shape index (κ1) is 14.1. The van der Waals surface area contributed by atoms with E-state index in [9.17, 15) is 0 Å². The Kier molecular flexibility index (Phi) is 4.31. The lowest BCUT2D eigenvalue weighted by Gasteiger charge is -2.13. The summed E-state index contributed by atoms with van der Waals surface area (Å²) in [4.78, 5) is 10.4. The van der Waals surface area contributed by atoms with Gasteiger partial charge in [0.15, 0.2) is 5.15 Å². The minimum Gasteiger partial charge on any atom is -0.377 e. The molecular weight excluding hydrogens is 330 g/mol. The summed E-state index contributed by atoms with van der Waals surface area (Å²) in [6.45, 7) is 0.634. The average molecular weight is 345 g/mol. The molecule has 0 radical (unpaired) electrons. The van der Waals surface area contributed by atoms with Gasteiger partial charge < -0.3 is 14.8 Å². The first-order valence-electron chi connectivity index (χ1n) is 5.72. The van der Waals surface area contributed by atoms with Gasteiger partial charge in [-0.2, -0.15) is 0 Å². The lowest BCUT2D eigenvalue weighted by molar-refractivity contribution is 0.814. The topological polar surface area (TPSA) is 46.0 Å². The molecule has 0 aliphatic carbocycles. The summed E-state index contributed by atoms with van der Waals surface area (Å²) in [5.41, 5.74) is 1.86. The second kappa shape index (κ2) is 5.79. The van der Waals surface area contributed by atoms with Gasteiger partial charge in [0.2, 0.25) is 5.95 Å². The molecule has 0 amide bonds. The molecule has 102 valence electrons. The molecule has 5 nitrogen and oxygen atoms in total. The van der Waals surface area contributed by atoms with Crippen molar-refractivity contribution in [2.45, 2.75) is 6.54 Å². The monoisotopic (exact) mass is 343 g/mol. The molecule has 0 aliphatic rings. The van der Waals surface area contributed by atoms with E-state index in [-0.39, 0.29) is 0 Å². The van der Waals surface area contributed by atoms with Gasteiger partial charge in [-0.25, -0.2) is 9.97 Å². The average Bonchev–Trinajstić information content (AvgIpc) is 2.72. The van der Waals surface area contributed by atoms with Crippen LogP contribution in [-0.2, 0) is 13.6 Å². The maximum atomic E-state index is 6.03. The Hall–Kier alpha value is -1.27. The maximum absolute atomic E-state index is 6.03. The van der Waals surface area contributed by atoms with E-state index in [2.05, 4.69) is 31.2 Å². The SMILES string of the molecule is CN(C)c1ncc(CNc2cc(Br)cnc2Cl)n1C. The third kappa shape index (κ3) is 3.19. The van der Waals surface area contributed by atoms with Crippen LogP contribution < -0.4 is 10.2 Å². The molecule has 0 aliphatic heterocycles. The van der Waals surface area contributed by atoms with E-state index < -0.39 is 0 Å². The zero-order valence-corrected chi connectivity index (χ0v) is 13.3. The van der Waals surface area contributed by atoms with E-state index >= 15 is 0 Å². The largest absolute Gasteiger partial charge is 0.377 e. The molecule has 1 N–H and O–H groups in total. The molecule has 7 heteroatoms. The summed E-state index contributed by atoms with van der Waals surface area (Å²) in [6, 6.07) is 1.90. The highest BCUT2D eigenvalue weighted by atomic mass is 79.9. The fourth-order valence-electron chi connectivity index (χ4n) is 1.75. The highest BCUT2D eigenvalue weighted by molar-refractivity contribution is 9.10. The highest BCUT2D eigenvalue weighted by Gasteiger charge is 2.09. The smallest absolute Gasteiger partial charge is 0.204 e.